The van der Waals surface area contributed by atoms with E-state index in [9.17, 15) is 23.2 Å². The summed E-state index contributed by atoms with van der Waals surface area (Å²) in [7, 11) is 1.37. The van der Waals surface area contributed by atoms with Crippen molar-refractivity contribution in [2.75, 3.05) is 12.1 Å². The summed E-state index contributed by atoms with van der Waals surface area (Å²) in [5, 5.41) is 9.69. The van der Waals surface area contributed by atoms with E-state index < -0.39 is 28.8 Å². The molecule has 0 aliphatic heterocycles. The van der Waals surface area contributed by atoms with Crippen LogP contribution in [0.5, 0.6) is 5.75 Å². The van der Waals surface area contributed by atoms with Crippen molar-refractivity contribution in [3.05, 3.63) is 98.4 Å². The van der Waals surface area contributed by atoms with Crippen LogP contribution in [-0.4, -0.2) is 39.9 Å². The molecule has 0 aliphatic carbocycles. The molecule has 2 aromatic heterocycles. The number of amides is 1. The minimum atomic E-state index is -0.828. The molecule has 0 atom stereocenters. The number of pyridine rings is 1. The summed E-state index contributed by atoms with van der Waals surface area (Å²) in [4.78, 5) is 38.7. The lowest BCUT2D eigenvalue weighted by Crippen LogP contribution is -2.42. The second-order valence-corrected chi connectivity index (χ2v) is 10.8. The van der Waals surface area contributed by atoms with Crippen LogP contribution in [-0.2, 0) is 17.8 Å². The molecule has 2 heterocycles. The summed E-state index contributed by atoms with van der Waals surface area (Å²) < 4.78 is 39.9. The standard InChI is InChI=1S/C28H26F2N4O5S/c1-28(2,3)39-27(37)33(4)34-14-20(24(36)25(22(34)15-35)38-16-17-8-6-5-7-9-17)26-32-31-23(40-26)12-18-10-11-19(29)13-21(18)30/h5-11,13-15H,12,16H2,1-4H3. The van der Waals surface area contributed by atoms with Gasteiger partial charge in [-0.3, -0.25) is 9.59 Å². The van der Waals surface area contributed by atoms with E-state index in [-0.39, 0.29) is 40.6 Å². The lowest BCUT2D eigenvalue weighted by atomic mass is 10.1. The number of benzene rings is 2. The summed E-state index contributed by atoms with van der Waals surface area (Å²) in [6.07, 6.45) is 0.909. The lowest BCUT2D eigenvalue weighted by molar-refractivity contribution is 0.0549. The van der Waals surface area contributed by atoms with Crippen molar-refractivity contribution >= 4 is 23.7 Å². The third-order valence-electron chi connectivity index (χ3n) is 5.55. The fraction of sp³-hybridized carbons (Fsp3) is 0.250. The number of halogens is 2. The van der Waals surface area contributed by atoms with Gasteiger partial charge in [-0.1, -0.05) is 47.7 Å². The van der Waals surface area contributed by atoms with Gasteiger partial charge in [-0.15, -0.1) is 10.2 Å². The van der Waals surface area contributed by atoms with Crippen molar-refractivity contribution in [2.24, 2.45) is 0 Å². The molecular weight excluding hydrogens is 542 g/mol. The molecule has 0 radical (unpaired) electrons. The molecule has 0 spiro atoms. The molecule has 4 aromatic rings. The highest BCUT2D eigenvalue weighted by atomic mass is 32.1. The third kappa shape index (κ3) is 6.57. The molecule has 0 N–H and O–H groups in total. The molecule has 0 aliphatic rings. The number of hydrogen-bond donors (Lipinski definition) is 0. The predicted molar refractivity (Wildman–Crippen MR) is 145 cm³/mol. The second-order valence-electron chi connectivity index (χ2n) is 9.74. The first-order valence-corrected chi connectivity index (χ1v) is 12.9. The Hall–Kier alpha value is -4.45. The number of nitrogens with zero attached hydrogens (tertiary/aromatic N) is 4. The Morgan fingerprint density at radius 1 is 1.12 bits per heavy atom. The van der Waals surface area contributed by atoms with Crippen molar-refractivity contribution in [3.8, 4) is 16.3 Å². The van der Waals surface area contributed by atoms with Gasteiger partial charge in [-0.25, -0.2) is 23.3 Å². The SMILES string of the molecule is CN(C(=O)OC(C)(C)C)n1cc(-c2nnc(Cc3ccc(F)cc3F)s2)c(=O)c(OCc2ccccc2)c1C=O. The molecule has 1 amide bonds. The van der Waals surface area contributed by atoms with E-state index in [1.807, 2.05) is 6.07 Å². The molecule has 0 saturated carbocycles. The number of ether oxygens (including phenoxy) is 2. The van der Waals surface area contributed by atoms with E-state index in [4.69, 9.17) is 9.47 Å². The maximum atomic E-state index is 14.2. The molecule has 208 valence electrons. The zero-order valence-corrected chi connectivity index (χ0v) is 23.0. The van der Waals surface area contributed by atoms with Crippen molar-refractivity contribution < 1.29 is 27.8 Å². The summed E-state index contributed by atoms with van der Waals surface area (Å²) in [5.74, 6) is -1.73. The summed E-state index contributed by atoms with van der Waals surface area (Å²) >= 11 is 1.01. The zero-order chi connectivity index (χ0) is 29.0. The van der Waals surface area contributed by atoms with E-state index in [0.29, 0.717) is 11.3 Å². The van der Waals surface area contributed by atoms with Crippen LogP contribution in [0.1, 0.15) is 47.4 Å². The Balaban J connectivity index is 1.78. The minimum absolute atomic E-state index is 0.00704. The molecule has 12 heteroatoms. The van der Waals surface area contributed by atoms with E-state index >= 15 is 0 Å². The molecule has 0 bridgehead atoms. The van der Waals surface area contributed by atoms with Crippen LogP contribution in [0.3, 0.4) is 0 Å². The largest absolute Gasteiger partial charge is 0.483 e. The molecule has 0 unspecified atom stereocenters. The van der Waals surface area contributed by atoms with Crippen LogP contribution in [0, 0.1) is 11.6 Å². The normalized spacial score (nSPS) is 11.2. The van der Waals surface area contributed by atoms with Gasteiger partial charge in [-0.2, -0.15) is 0 Å². The Morgan fingerprint density at radius 3 is 2.50 bits per heavy atom. The summed E-state index contributed by atoms with van der Waals surface area (Å²) in [6, 6.07) is 12.2. The number of aldehydes is 1. The van der Waals surface area contributed by atoms with Crippen molar-refractivity contribution in [3.63, 3.8) is 0 Å². The first kappa shape index (κ1) is 28.6. The molecule has 4 rings (SSSR count). The van der Waals surface area contributed by atoms with E-state index in [2.05, 4.69) is 10.2 Å². The smallest absolute Gasteiger partial charge is 0.429 e. The van der Waals surface area contributed by atoms with Crippen molar-refractivity contribution in [2.45, 2.75) is 39.4 Å². The van der Waals surface area contributed by atoms with E-state index in [0.717, 1.165) is 38.7 Å². The molecule has 2 aromatic carbocycles. The van der Waals surface area contributed by atoms with Crippen LogP contribution < -0.4 is 15.2 Å². The van der Waals surface area contributed by atoms with E-state index in [1.54, 1.807) is 45.0 Å². The van der Waals surface area contributed by atoms with Crippen molar-refractivity contribution in [1.29, 1.82) is 0 Å². The fourth-order valence-corrected chi connectivity index (χ4v) is 4.52. The molecule has 40 heavy (non-hydrogen) atoms. The van der Waals surface area contributed by atoms with E-state index in [1.165, 1.54) is 19.3 Å². The number of rotatable bonds is 8. The highest BCUT2D eigenvalue weighted by molar-refractivity contribution is 7.14. The summed E-state index contributed by atoms with van der Waals surface area (Å²) in [6.45, 7) is 5.05. The van der Waals surface area contributed by atoms with Crippen LogP contribution in [0.25, 0.3) is 10.6 Å². The number of carbonyl (C=O) groups is 2. The second kappa shape index (κ2) is 11.7. The third-order valence-corrected chi connectivity index (χ3v) is 6.51. The molecule has 0 fully saturated rings. The zero-order valence-electron chi connectivity index (χ0n) is 22.2. The molecule has 0 saturated heterocycles. The van der Waals surface area contributed by atoms with Gasteiger partial charge in [0.2, 0.25) is 5.43 Å². The highest BCUT2D eigenvalue weighted by Gasteiger charge is 2.27. The van der Waals surface area contributed by atoms with Gasteiger partial charge in [0.05, 0.1) is 5.56 Å². The Morgan fingerprint density at radius 2 is 1.85 bits per heavy atom. The fourth-order valence-electron chi connectivity index (χ4n) is 3.65. The van der Waals surface area contributed by atoms with Gasteiger partial charge in [0.1, 0.15) is 34.5 Å². The maximum absolute atomic E-state index is 14.2. The number of hydrogen-bond acceptors (Lipinski definition) is 8. The monoisotopic (exact) mass is 568 g/mol. The van der Waals surface area contributed by atoms with Crippen LogP contribution in [0.4, 0.5) is 13.6 Å². The van der Waals surface area contributed by atoms with Crippen LogP contribution in [0.15, 0.2) is 59.5 Å². The topological polar surface area (TPSA) is 104 Å². The van der Waals surface area contributed by atoms with Gasteiger partial charge in [-0.05, 0) is 38.0 Å². The highest BCUT2D eigenvalue weighted by Crippen LogP contribution is 2.27. The Kier molecular flexibility index (Phi) is 8.38. The van der Waals surface area contributed by atoms with Gasteiger partial charge < -0.3 is 9.47 Å². The average Bonchev–Trinajstić information content (AvgIpc) is 3.36. The summed E-state index contributed by atoms with van der Waals surface area (Å²) in [5.41, 5.74) is -0.749. The predicted octanol–water partition coefficient (Wildman–Crippen LogP) is 5.13. The number of carbonyl (C=O) groups excluding carboxylic acids is 2. The van der Waals surface area contributed by atoms with Gasteiger partial charge in [0.25, 0.3) is 0 Å². The Bertz CT molecular complexity index is 1600. The van der Waals surface area contributed by atoms with Crippen LogP contribution >= 0.6 is 11.3 Å². The number of aromatic nitrogens is 3. The molecular formula is C28H26F2N4O5S. The van der Waals surface area contributed by atoms with Gasteiger partial charge in [0, 0.05) is 25.7 Å². The molecule has 9 nitrogen and oxygen atoms in total. The first-order chi connectivity index (χ1) is 19.0. The Labute approximate surface area is 232 Å². The van der Waals surface area contributed by atoms with Gasteiger partial charge in [0.15, 0.2) is 17.0 Å². The van der Waals surface area contributed by atoms with Crippen LogP contribution in [0.2, 0.25) is 0 Å². The lowest BCUT2D eigenvalue weighted by Gasteiger charge is -2.27. The average molecular weight is 569 g/mol. The van der Waals surface area contributed by atoms with Crippen molar-refractivity contribution in [1.82, 2.24) is 14.9 Å². The minimum Gasteiger partial charge on any atom is -0.483 e. The maximum Gasteiger partial charge on any atom is 0.429 e. The van der Waals surface area contributed by atoms with Gasteiger partial charge >= 0.3 is 6.09 Å². The first-order valence-electron chi connectivity index (χ1n) is 12.1. The quantitative estimate of drug-likeness (QED) is 0.272.